The molecule has 1 aliphatic rings. The Hall–Kier alpha value is -1.09. The largest absolute Gasteiger partial charge is 0.389 e. The van der Waals surface area contributed by atoms with Gasteiger partial charge in [-0.15, -0.1) is 0 Å². The van der Waals surface area contributed by atoms with Gasteiger partial charge in [-0.25, -0.2) is 12.8 Å². The summed E-state index contributed by atoms with van der Waals surface area (Å²) in [4.78, 5) is -0.285. The Morgan fingerprint density at radius 2 is 2.20 bits per heavy atom. The summed E-state index contributed by atoms with van der Waals surface area (Å²) in [5, 5.41) is 9.86. The predicted octanol–water partition coefficient (Wildman–Crippen LogP) is 0.605. The maximum Gasteiger partial charge on any atom is 0.243 e. The van der Waals surface area contributed by atoms with Crippen molar-refractivity contribution < 1.29 is 17.9 Å². The normalized spacial score (nSPS) is 23.9. The summed E-state index contributed by atoms with van der Waals surface area (Å²) in [5.41, 5.74) is 4.22. The van der Waals surface area contributed by atoms with E-state index in [0.717, 1.165) is 12.1 Å². The molecule has 2 rings (SSSR count). The number of rotatable bonds is 3. The second-order valence-corrected chi connectivity index (χ2v) is 7.47. The zero-order valence-corrected chi connectivity index (χ0v) is 12.5. The Balaban J connectivity index is 2.41. The molecule has 3 N–H and O–H groups in total. The first-order chi connectivity index (χ1) is 9.13. The Morgan fingerprint density at radius 3 is 2.70 bits per heavy atom. The second kappa shape index (κ2) is 5.03. The summed E-state index contributed by atoms with van der Waals surface area (Å²) in [6.07, 6.45) is 0.357. The predicted molar refractivity (Wildman–Crippen MR) is 76.3 cm³/mol. The van der Waals surface area contributed by atoms with Crippen LogP contribution in [0.15, 0.2) is 23.1 Å². The first-order valence-corrected chi connectivity index (χ1v) is 7.80. The molecule has 1 aromatic rings. The minimum Gasteiger partial charge on any atom is -0.389 e. The monoisotopic (exact) mass is 318 g/mol. The van der Waals surface area contributed by atoms with Crippen molar-refractivity contribution in [1.29, 1.82) is 0 Å². The summed E-state index contributed by atoms with van der Waals surface area (Å²) < 4.78 is 39.5. The Bertz CT molecular complexity index is 659. The highest BCUT2D eigenvalue weighted by atomic mass is 32.2. The number of hydrogen-bond acceptors (Lipinski definition) is 4. The maximum atomic E-state index is 13.5. The van der Waals surface area contributed by atoms with E-state index in [2.05, 4.69) is 0 Å². The van der Waals surface area contributed by atoms with Gasteiger partial charge in [-0.3, -0.25) is 0 Å². The molecule has 1 saturated heterocycles. The van der Waals surface area contributed by atoms with Crippen molar-refractivity contribution in [3.63, 3.8) is 0 Å². The number of halogens is 1. The third kappa shape index (κ3) is 2.83. The molecule has 0 amide bonds. The fourth-order valence-electron chi connectivity index (χ4n) is 2.11. The van der Waals surface area contributed by atoms with Gasteiger partial charge >= 0.3 is 0 Å². The molecule has 0 aromatic heterocycles. The highest BCUT2D eigenvalue weighted by Crippen LogP contribution is 2.27. The first-order valence-electron chi connectivity index (χ1n) is 5.95. The van der Waals surface area contributed by atoms with Crippen LogP contribution in [0.25, 0.3) is 0 Å². The van der Waals surface area contributed by atoms with Crippen LogP contribution >= 0.6 is 12.2 Å². The number of aliphatic hydroxyl groups is 1. The number of nitrogens with two attached hydrogens (primary N) is 1. The summed E-state index contributed by atoms with van der Waals surface area (Å²) in [7, 11) is -3.79. The van der Waals surface area contributed by atoms with E-state index in [1.807, 2.05) is 0 Å². The topological polar surface area (TPSA) is 83.6 Å². The molecule has 0 bridgehead atoms. The van der Waals surface area contributed by atoms with Crippen LogP contribution in [0.2, 0.25) is 0 Å². The van der Waals surface area contributed by atoms with Crippen molar-refractivity contribution in [1.82, 2.24) is 4.31 Å². The van der Waals surface area contributed by atoms with Crippen LogP contribution in [0.4, 0.5) is 4.39 Å². The number of sulfonamides is 1. The van der Waals surface area contributed by atoms with Crippen LogP contribution in [0, 0.1) is 5.82 Å². The SMILES string of the molecule is CC1(O)CCN(S(=O)(=O)c2ccc(F)c(C(N)=S)c2)C1. The molecule has 110 valence electrons. The van der Waals surface area contributed by atoms with E-state index < -0.39 is 21.4 Å². The molecule has 0 radical (unpaired) electrons. The third-order valence-electron chi connectivity index (χ3n) is 3.26. The van der Waals surface area contributed by atoms with Crippen LogP contribution in [-0.2, 0) is 10.0 Å². The molecule has 1 heterocycles. The van der Waals surface area contributed by atoms with Crippen LogP contribution in [0.3, 0.4) is 0 Å². The van der Waals surface area contributed by atoms with Crippen molar-refractivity contribution >= 4 is 27.2 Å². The minimum absolute atomic E-state index is 0.00904. The van der Waals surface area contributed by atoms with Gasteiger partial charge in [0.1, 0.15) is 10.8 Å². The number of benzene rings is 1. The smallest absolute Gasteiger partial charge is 0.243 e. The highest BCUT2D eigenvalue weighted by molar-refractivity contribution is 7.89. The van der Waals surface area contributed by atoms with E-state index in [1.165, 1.54) is 10.4 Å². The summed E-state index contributed by atoms with van der Waals surface area (Å²) >= 11 is 4.69. The van der Waals surface area contributed by atoms with Gasteiger partial charge < -0.3 is 10.8 Å². The first kappa shape index (κ1) is 15.3. The second-order valence-electron chi connectivity index (χ2n) is 5.09. The molecule has 1 fully saturated rings. The van der Waals surface area contributed by atoms with Crippen molar-refractivity contribution in [2.75, 3.05) is 13.1 Å². The quantitative estimate of drug-likeness (QED) is 0.798. The lowest BCUT2D eigenvalue weighted by atomic mass is 10.1. The zero-order chi connectivity index (χ0) is 15.1. The van der Waals surface area contributed by atoms with Gasteiger partial charge in [0.25, 0.3) is 0 Å². The molecule has 8 heteroatoms. The molecule has 1 aliphatic heterocycles. The van der Waals surface area contributed by atoms with E-state index >= 15 is 0 Å². The standard InChI is InChI=1S/C12H15FN2O3S2/c1-12(16)4-5-15(7-12)20(17,18)8-2-3-10(13)9(6-8)11(14)19/h2-3,6,16H,4-5,7H2,1H3,(H2,14,19). The molecular weight excluding hydrogens is 303 g/mol. The van der Waals surface area contributed by atoms with Gasteiger partial charge in [-0.2, -0.15) is 4.31 Å². The van der Waals surface area contributed by atoms with E-state index in [9.17, 15) is 17.9 Å². The Kier molecular flexibility index (Phi) is 3.85. The number of hydrogen-bond donors (Lipinski definition) is 2. The van der Waals surface area contributed by atoms with Crippen LogP contribution in [-0.4, -0.2) is 41.5 Å². The third-order valence-corrected chi connectivity index (χ3v) is 5.32. The van der Waals surface area contributed by atoms with Crippen LogP contribution in [0.1, 0.15) is 18.9 Å². The molecular formula is C12H15FN2O3S2. The lowest BCUT2D eigenvalue weighted by Crippen LogP contribution is -2.34. The summed E-state index contributed by atoms with van der Waals surface area (Å²) in [6, 6.07) is 3.31. The molecule has 0 saturated carbocycles. The van der Waals surface area contributed by atoms with Gasteiger partial charge in [0.15, 0.2) is 0 Å². The zero-order valence-electron chi connectivity index (χ0n) is 10.8. The lowest BCUT2D eigenvalue weighted by Gasteiger charge is -2.19. The van der Waals surface area contributed by atoms with E-state index in [-0.39, 0.29) is 28.5 Å². The van der Waals surface area contributed by atoms with E-state index in [1.54, 1.807) is 6.92 Å². The van der Waals surface area contributed by atoms with Crippen molar-refractivity contribution in [3.8, 4) is 0 Å². The molecule has 0 spiro atoms. The average Bonchev–Trinajstić information content (AvgIpc) is 2.70. The minimum atomic E-state index is -3.79. The van der Waals surface area contributed by atoms with Gasteiger partial charge in [-0.1, -0.05) is 12.2 Å². The molecule has 5 nitrogen and oxygen atoms in total. The summed E-state index contributed by atoms with van der Waals surface area (Å²) in [5.74, 6) is -0.662. The van der Waals surface area contributed by atoms with E-state index in [0.29, 0.717) is 6.42 Å². The van der Waals surface area contributed by atoms with Gasteiger partial charge in [0.05, 0.1) is 10.5 Å². The van der Waals surface area contributed by atoms with Crippen molar-refractivity contribution in [2.45, 2.75) is 23.8 Å². The van der Waals surface area contributed by atoms with Gasteiger partial charge in [-0.05, 0) is 31.5 Å². The number of nitrogens with zero attached hydrogens (tertiary/aromatic N) is 1. The number of β-amino-alcohol motifs (C(OH)–C–C–N with tert-alkyl or cyclic N) is 1. The Labute approximate surface area is 122 Å². The lowest BCUT2D eigenvalue weighted by molar-refractivity contribution is 0.0762. The van der Waals surface area contributed by atoms with Crippen molar-refractivity contribution in [2.24, 2.45) is 5.73 Å². The Morgan fingerprint density at radius 1 is 1.55 bits per heavy atom. The van der Waals surface area contributed by atoms with Gasteiger partial charge in [0, 0.05) is 18.7 Å². The fraction of sp³-hybridized carbons (Fsp3) is 0.417. The highest BCUT2D eigenvalue weighted by Gasteiger charge is 2.38. The maximum absolute atomic E-state index is 13.5. The van der Waals surface area contributed by atoms with Gasteiger partial charge in [0.2, 0.25) is 10.0 Å². The molecule has 20 heavy (non-hydrogen) atoms. The van der Waals surface area contributed by atoms with Crippen molar-refractivity contribution in [3.05, 3.63) is 29.6 Å². The van der Waals surface area contributed by atoms with Crippen LogP contribution < -0.4 is 5.73 Å². The van der Waals surface area contributed by atoms with Crippen LogP contribution in [0.5, 0.6) is 0 Å². The van der Waals surface area contributed by atoms with E-state index in [4.69, 9.17) is 18.0 Å². The molecule has 1 unspecified atom stereocenters. The number of thiocarbonyl (C=S) groups is 1. The molecule has 0 aliphatic carbocycles. The average molecular weight is 318 g/mol. The molecule has 1 atom stereocenters. The molecule has 1 aromatic carbocycles. The fourth-order valence-corrected chi connectivity index (χ4v) is 3.85. The summed E-state index contributed by atoms with van der Waals surface area (Å²) in [6.45, 7) is 1.80.